The molecule has 0 radical (unpaired) electrons. The van der Waals surface area contributed by atoms with Gasteiger partial charge in [0.1, 0.15) is 11.7 Å². The fourth-order valence-corrected chi connectivity index (χ4v) is 2.49. The Morgan fingerprint density at radius 3 is 2.95 bits per heavy atom. The number of carbonyl (C=O) groups excluding carboxylic acids is 1. The van der Waals surface area contributed by atoms with E-state index in [4.69, 9.17) is 0 Å². The number of hydrogen-bond donors (Lipinski definition) is 0. The van der Waals surface area contributed by atoms with Crippen LogP contribution in [0.15, 0.2) is 24.4 Å². The lowest BCUT2D eigenvalue weighted by Gasteiger charge is -2.28. The zero-order valence-corrected chi connectivity index (χ0v) is 11.7. The molecule has 1 atom stereocenters. The fraction of sp³-hybridized carbons (Fsp3) is 0.429. The van der Waals surface area contributed by atoms with Crippen molar-refractivity contribution in [1.82, 2.24) is 24.9 Å². The third-order valence-corrected chi connectivity index (χ3v) is 3.61. The lowest BCUT2D eigenvalue weighted by molar-refractivity contribution is -0.136. The Morgan fingerprint density at radius 1 is 1.30 bits per heavy atom. The van der Waals surface area contributed by atoms with Gasteiger partial charge in [-0.05, 0) is 31.9 Å². The lowest BCUT2D eigenvalue weighted by Crippen LogP contribution is -2.39. The van der Waals surface area contributed by atoms with Crippen LogP contribution in [0.25, 0.3) is 11.4 Å². The van der Waals surface area contributed by atoms with Gasteiger partial charge in [0.05, 0.1) is 11.9 Å². The van der Waals surface area contributed by atoms with Gasteiger partial charge in [-0.25, -0.2) is 4.68 Å². The molecule has 3 rings (SSSR count). The topological polar surface area (TPSA) is 63.9 Å². The largest absolute Gasteiger partial charge is 0.344 e. The molecule has 1 unspecified atom stereocenters. The minimum absolute atomic E-state index is 0.102. The molecule has 6 heteroatoms. The Hall–Kier alpha value is -2.24. The fourth-order valence-electron chi connectivity index (χ4n) is 2.49. The number of aromatic nitrogens is 4. The zero-order valence-electron chi connectivity index (χ0n) is 11.7. The first-order chi connectivity index (χ1) is 9.65. The summed E-state index contributed by atoms with van der Waals surface area (Å²) in [5, 5.41) is 8.25. The molecule has 0 N–H and O–H groups in total. The minimum atomic E-state index is -0.236. The molecule has 20 heavy (non-hydrogen) atoms. The van der Waals surface area contributed by atoms with Gasteiger partial charge in [0.25, 0.3) is 0 Å². The molecule has 6 nitrogen and oxygen atoms in total. The van der Waals surface area contributed by atoms with E-state index in [0.717, 1.165) is 30.8 Å². The lowest BCUT2D eigenvalue weighted by atomic mass is 10.1. The van der Waals surface area contributed by atoms with Crippen molar-refractivity contribution in [2.45, 2.75) is 25.8 Å². The molecule has 1 saturated heterocycles. The number of likely N-dealkylation sites (N-methyl/N-ethyl adjacent to an activating group) is 1. The number of hydrogen-bond acceptors (Lipinski definition) is 4. The molecule has 2 aromatic heterocycles. The Balaban J connectivity index is 1.88. The number of carbonyl (C=O) groups is 1. The Kier molecular flexibility index (Phi) is 3.22. The second-order valence-corrected chi connectivity index (χ2v) is 5.17. The molecule has 104 valence electrons. The summed E-state index contributed by atoms with van der Waals surface area (Å²) >= 11 is 0. The van der Waals surface area contributed by atoms with Crippen LogP contribution in [-0.2, 0) is 4.79 Å². The van der Waals surface area contributed by atoms with E-state index in [9.17, 15) is 4.79 Å². The average molecular weight is 271 g/mol. The highest BCUT2D eigenvalue weighted by Gasteiger charge is 2.28. The monoisotopic (exact) mass is 271 g/mol. The van der Waals surface area contributed by atoms with Crippen molar-refractivity contribution in [1.29, 1.82) is 0 Å². The van der Waals surface area contributed by atoms with Crippen molar-refractivity contribution in [3.05, 3.63) is 30.1 Å². The van der Waals surface area contributed by atoms with Gasteiger partial charge < -0.3 is 4.90 Å². The summed E-state index contributed by atoms with van der Waals surface area (Å²) in [5.74, 6) is 0.102. The summed E-state index contributed by atoms with van der Waals surface area (Å²) in [6.45, 7) is 2.75. The third-order valence-electron chi connectivity index (χ3n) is 3.61. The summed E-state index contributed by atoms with van der Waals surface area (Å²) < 4.78 is 1.66. The van der Waals surface area contributed by atoms with Gasteiger partial charge >= 0.3 is 0 Å². The van der Waals surface area contributed by atoms with E-state index in [1.165, 1.54) is 0 Å². The van der Waals surface area contributed by atoms with Crippen molar-refractivity contribution in [3.63, 3.8) is 0 Å². The van der Waals surface area contributed by atoms with Crippen LogP contribution in [0.3, 0.4) is 0 Å². The number of nitrogens with zero attached hydrogens (tertiary/aromatic N) is 5. The van der Waals surface area contributed by atoms with Gasteiger partial charge in [-0.3, -0.25) is 9.78 Å². The van der Waals surface area contributed by atoms with E-state index in [2.05, 4.69) is 15.3 Å². The molecule has 0 bridgehead atoms. The molecule has 2 aromatic rings. The van der Waals surface area contributed by atoms with E-state index in [-0.39, 0.29) is 11.9 Å². The Morgan fingerprint density at radius 2 is 2.15 bits per heavy atom. The smallest absolute Gasteiger partial charge is 0.247 e. The van der Waals surface area contributed by atoms with Crippen LogP contribution in [0, 0.1) is 6.92 Å². The van der Waals surface area contributed by atoms with E-state index in [1.807, 2.05) is 38.4 Å². The second kappa shape index (κ2) is 5.03. The molecular weight excluding hydrogens is 254 g/mol. The minimum Gasteiger partial charge on any atom is -0.344 e. The Bertz CT molecular complexity index is 636. The molecule has 1 amide bonds. The number of amides is 1. The molecule has 1 aliphatic rings. The van der Waals surface area contributed by atoms with Crippen LogP contribution in [0.2, 0.25) is 0 Å². The van der Waals surface area contributed by atoms with Crippen LogP contribution in [0.5, 0.6) is 0 Å². The predicted molar refractivity (Wildman–Crippen MR) is 73.9 cm³/mol. The maximum atomic E-state index is 12.1. The van der Waals surface area contributed by atoms with Crippen LogP contribution in [-0.4, -0.2) is 44.4 Å². The van der Waals surface area contributed by atoms with Crippen LogP contribution in [0.1, 0.15) is 24.6 Å². The summed E-state index contributed by atoms with van der Waals surface area (Å²) in [5.41, 5.74) is 2.42. The van der Waals surface area contributed by atoms with Crippen molar-refractivity contribution in [2.75, 3.05) is 13.6 Å². The summed E-state index contributed by atoms with van der Waals surface area (Å²) in [6.07, 6.45) is 3.61. The van der Waals surface area contributed by atoms with E-state index < -0.39 is 0 Å². The van der Waals surface area contributed by atoms with E-state index >= 15 is 0 Å². The maximum Gasteiger partial charge on any atom is 0.247 e. The first kappa shape index (κ1) is 12.8. The highest BCUT2D eigenvalue weighted by atomic mass is 16.2. The van der Waals surface area contributed by atoms with Gasteiger partial charge in [-0.1, -0.05) is 11.3 Å². The van der Waals surface area contributed by atoms with Gasteiger partial charge in [0.2, 0.25) is 5.91 Å². The number of aryl methyl sites for hydroxylation is 1. The number of rotatable bonds is 2. The molecule has 0 saturated carbocycles. The highest BCUT2D eigenvalue weighted by Crippen LogP contribution is 2.23. The van der Waals surface area contributed by atoms with Crippen LogP contribution in [0.4, 0.5) is 0 Å². The number of likely N-dealkylation sites (tertiary alicyclic amines) is 1. The van der Waals surface area contributed by atoms with Gasteiger partial charge in [-0.2, -0.15) is 0 Å². The first-order valence-corrected chi connectivity index (χ1v) is 6.76. The standard InChI is InChI=1S/C14H17N5O/c1-10-5-3-6-11(15-10)12-9-19(17-16-12)13-7-4-8-18(2)14(13)20/h3,5-6,9,13H,4,7-8H2,1-2H3. The molecule has 0 spiro atoms. The van der Waals surface area contributed by atoms with Crippen molar-refractivity contribution >= 4 is 5.91 Å². The van der Waals surface area contributed by atoms with Gasteiger partial charge in [-0.15, -0.1) is 5.10 Å². The third kappa shape index (κ3) is 2.29. The first-order valence-electron chi connectivity index (χ1n) is 6.76. The zero-order chi connectivity index (χ0) is 14.1. The van der Waals surface area contributed by atoms with Gasteiger partial charge in [0.15, 0.2) is 0 Å². The Labute approximate surface area is 117 Å². The SMILES string of the molecule is Cc1cccc(-c2cn(C3CCCN(C)C3=O)nn2)n1. The second-order valence-electron chi connectivity index (χ2n) is 5.17. The van der Waals surface area contributed by atoms with E-state index in [0.29, 0.717) is 5.69 Å². The van der Waals surface area contributed by atoms with Crippen molar-refractivity contribution < 1.29 is 4.79 Å². The van der Waals surface area contributed by atoms with Crippen LogP contribution < -0.4 is 0 Å². The average Bonchev–Trinajstić information content (AvgIpc) is 2.91. The summed E-state index contributed by atoms with van der Waals surface area (Å²) in [6, 6.07) is 5.54. The van der Waals surface area contributed by atoms with Crippen LogP contribution >= 0.6 is 0 Å². The maximum absolute atomic E-state index is 12.1. The molecule has 0 aromatic carbocycles. The van der Waals surface area contributed by atoms with Gasteiger partial charge in [0, 0.05) is 19.3 Å². The molecule has 1 fully saturated rings. The highest BCUT2D eigenvalue weighted by molar-refractivity contribution is 5.80. The normalized spacial score (nSPS) is 19.4. The van der Waals surface area contributed by atoms with E-state index in [1.54, 1.807) is 9.58 Å². The predicted octanol–water partition coefficient (Wildman–Crippen LogP) is 1.44. The molecule has 3 heterocycles. The number of piperidine rings is 1. The summed E-state index contributed by atoms with van der Waals surface area (Å²) in [4.78, 5) is 18.3. The number of pyridine rings is 1. The van der Waals surface area contributed by atoms with Crippen molar-refractivity contribution in [3.8, 4) is 11.4 Å². The quantitative estimate of drug-likeness (QED) is 0.829. The van der Waals surface area contributed by atoms with Crippen molar-refractivity contribution in [2.24, 2.45) is 0 Å². The molecule has 0 aliphatic carbocycles. The molecule has 1 aliphatic heterocycles. The molecular formula is C14H17N5O. The summed E-state index contributed by atoms with van der Waals surface area (Å²) in [7, 11) is 1.83.